The molecule has 1 atom stereocenters. The molecule has 0 spiro atoms. The summed E-state index contributed by atoms with van der Waals surface area (Å²) in [5, 5.41) is 2.66. The molecule has 0 unspecified atom stereocenters. The lowest BCUT2D eigenvalue weighted by atomic mass is 10.2. The highest BCUT2D eigenvalue weighted by molar-refractivity contribution is 7.92. The van der Waals surface area contributed by atoms with Gasteiger partial charge in [-0.1, -0.05) is 18.2 Å². The van der Waals surface area contributed by atoms with Gasteiger partial charge in [-0.05, 0) is 56.7 Å². The summed E-state index contributed by atoms with van der Waals surface area (Å²) in [6, 6.07) is 12.2. The van der Waals surface area contributed by atoms with Crippen LogP contribution in [0.5, 0.6) is 0 Å². The minimum Gasteiger partial charge on any atom is -0.462 e. The molecule has 0 saturated carbocycles. The second-order valence-corrected chi connectivity index (χ2v) is 8.22. The number of sulfonamides is 1. The van der Waals surface area contributed by atoms with Crippen LogP contribution in [0.3, 0.4) is 0 Å². The summed E-state index contributed by atoms with van der Waals surface area (Å²) in [6.45, 7) is 5.30. The van der Waals surface area contributed by atoms with Crippen molar-refractivity contribution in [3.05, 3.63) is 59.7 Å². The predicted octanol–water partition coefficient (Wildman–Crippen LogP) is 2.96. The monoisotopic (exact) mass is 404 g/mol. The van der Waals surface area contributed by atoms with Crippen molar-refractivity contribution in [2.45, 2.75) is 26.8 Å². The Morgan fingerprint density at radius 2 is 1.82 bits per heavy atom. The quantitative estimate of drug-likeness (QED) is 0.716. The number of hydrogen-bond donors (Lipinski definition) is 1. The van der Waals surface area contributed by atoms with Crippen molar-refractivity contribution < 1.29 is 22.7 Å². The van der Waals surface area contributed by atoms with Crippen molar-refractivity contribution in [2.24, 2.45) is 0 Å². The number of hydrogen-bond acceptors (Lipinski definition) is 5. The topological polar surface area (TPSA) is 92.8 Å². The maximum absolute atomic E-state index is 12.7. The lowest BCUT2D eigenvalue weighted by Gasteiger charge is -2.28. The zero-order chi connectivity index (χ0) is 20.9. The minimum absolute atomic E-state index is 0.242. The molecule has 0 aliphatic rings. The predicted molar refractivity (Wildman–Crippen MR) is 109 cm³/mol. The zero-order valence-electron chi connectivity index (χ0n) is 16.3. The van der Waals surface area contributed by atoms with Crippen molar-refractivity contribution in [1.82, 2.24) is 0 Å². The largest absolute Gasteiger partial charge is 0.462 e. The molecule has 7 nitrogen and oxygen atoms in total. The van der Waals surface area contributed by atoms with Gasteiger partial charge < -0.3 is 10.1 Å². The van der Waals surface area contributed by atoms with E-state index in [2.05, 4.69) is 5.32 Å². The number of benzene rings is 2. The molecule has 1 amide bonds. The van der Waals surface area contributed by atoms with Gasteiger partial charge in [0.1, 0.15) is 6.04 Å². The molecule has 1 N–H and O–H groups in total. The highest BCUT2D eigenvalue weighted by Crippen LogP contribution is 2.23. The van der Waals surface area contributed by atoms with Crippen molar-refractivity contribution in [2.75, 3.05) is 22.5 Å². The standard InChI is InChI=1S/C20H24N2O5S/c1-5-27-20(24)16-9-7-10-17(13-16)21-19(23)15(3)22(28(4,25)26)18-11-6-8-14(2)12-18/h6-13,15H,5H2,1-4H3,(H,21,23)/t15-/m1/s1. The molecular weight excluding hydrogens is 380 g/mol. The molecule has 28 heavy (non-hydrogen) atoms. The van der Waals surface area contributed by atoms with Crippen LogP contribution in [-0.4, -0.2) is 39.2 Å². The molecule has 0 saturated heterocycles. The van der Waals surface area contributed by atoms with Gasteiger partial charge >= 0.3 is 5.97 Å². The average molecular weight is 404 g/mol. The summed E-state index contributed by atoms with van der Waals surface area (Å²) in [7, 11) is -3.70. The first-order valence-corrected chi connectivity index (χ1v) is 10.6. The third-order valence-corrected chi connectivity index (χ3v) is 5.23. The molecule has 0 aromatic heterocycles. The van der Waals surface area contributed by atoms with Gasteiger partial charge in [-0.25, -0.2) is 13.2 Å². The number of esters is 1. The minimum atomic E-state index is -3.70. The number of rotatable bonds is 7. The first-order valence-electron chi connectivity index (χ1n) is 8.77. The molecule has 0 heterocycles. The van der Waals surface area contributed by atoms with Crippen LogP contribution >= 0.6 is 0 Å². The summed E-state index contributed by atoms with van der Waals surface area (Å²) < 4.78 is 30.7. The smallest absolute Gasteiger partial charge is 0.338 e. The van der Waals surface area contributed by atoms with E-state index in [-0.39, 0.29) is 6.61 Å². The Kier molecular flexibility index (Phi) is 6.80. The Balaban J connectivity index is 2.27. The molecule has 8 heteroatoms. The van der Waals surface area contributed by atoms with Crippen LogP contribution in [0.15, 0.2) is 48.5 Å². The maximum atomic E-state index is 12.7. The first-order chi connectivity index (χ1) is 13.1. The number of aryl methyl sites for hydroxylation is 1. The average Bonchev–Trinajstić information content (AvgIpc) is 2.61. The second-order valence-electron chi connectivity index (χ2n) is 6.36. The van der Waals surface area contributed by atoms with Gasteiger partial charge in [0.15, 0.2) is 0 Å². The molecular formula is C20H24N2O5S. The Morgan fingerprint density at radius 3 is 2.43 bits per heavy atom. The lowest BCUT2D eigenvalue weighted by molar-refractivity contribution is -0.116. The van der Waals surface area contributed by atoms with Crippen molar-refractivity contribution in [3.8, 4) is 0 Å². The highest BCUT2D eigenvalue weighted by atomic mass is 32.2. The second kappa shape index (κ2) is 8.88. The molecule has 2 aromatic carbocycles. The Labute approximate surface area is 165 Å². The van der Waals surface area contributed by atoms with Crippen LogP contribution in [0, 0.1) is 6.92 Å². The van der Waals surface area contributed by atoms with Crippen LogP contribution in [0.1, 0.15) is 29.8 Å². The maximum Gasteiger partial charge on any atom is 0.338 e. The number of carbonyl (C=O) groups excluding carboxylic acids is 2. The van der Waals surface area contributed by atoms with E-state index >= 15 is 0 Å². The summed E-state index contributed by atoms with van der Waals surface area (Å²) >= 11 is 0. The molecule has 2 rings (SSSR count). The molecule has 0 aliphatic heterocycles. The number of nitrogens with zero attached hydrogens (tertiary/aromatic N) is 1. The van der Waals surface area contributed by atoms with E-state index < -0.39 is 27.9 Å². The van der Waals surface area contributed by atoms with E-state index in [1.807, 2.05) is 13.0 Å². The number of anilines is 2. The summed E-state index contributed by atoms with van der Waals surface area (Å²) in [5.41, 5.74) is 1.96. The van der Waals surface area contributed by atoms with E-state index in [1.165, 1.54) is 13.0 Å². The van der Waals surface area contributed by atoms with Gasteiger partial charge in [-0.2, -0.15) is 0 Å². The number of nitrogens with one attached hydrogen (secondary N) is 1. The number of ether oxygens (including phenoxy) is 1. The fourth-order valence-corrected chi connectivity index (χ4v) is 3.93. The Bertz CT molecular complexity index is 972. The molecule has 0 bridgehead atoms. The number of carbonyl (C=O) groups is 2. The fourth-order valence-electron chi connectivity index (χ4n) is 2.76. The van der Waals surface area contributed by atoms with Gasteiger partial charge in [0.25, 0.3) is 0 Å². The van der Waals surface area contributed by atoms with Crippen molar-refractivity contribution >= 4 is 33.3 Å². The van der Waals surface area contributed by atoms with Crippen LogP contribution in [0.2, 0.25) is 0 Å². The van der Waals surface area contributed by atoms with Crippen LogP contribution < -0.4 is 9.62 Å². The molecule has 0 fully saturated rings. The fraction of sp³-hybridized carbons (Fsp3) is 0.300. The Morgan fingerprint density at radius 1 is 1.14 bits per heavy atom. The van der Waals surface area contributed by atoms with Gasteiger partial charge in [0.05, 0.1) is 24.1 Å². The Hall–Kier alpha value is -2.87. The first kappa shape index (κ1) is 21.4. The van der Waals surface area contributed by atoms with E-state index in [9.17, 15) is 18.0 Å². The van der Waals surface area contributed by atoms with Crippen LogP contribution in [-0.2, 0) is 19.6 Å². The van der Waals surface area contributed by atoms with Gasteiger partial charge in [-0.15, -0.1) is 0 Å². The molecule has 2 aromatic rings. The van der Waals surface area contributed by atoms with E-state index in [0.717, 1.165) is 16.1 Å². The van der Waals surface area contributed by atoms with Gasteiger partial charge in [-0.3, -0.25) is 9.10 Å². The summed E-state index contributed by atoms with van der Waals surface area (Å²) in [6.07, 6.45) is 1.06. The van der Waals surface area contributed by atoms with Crippen LogP contribution in [0.4, 0.5) is 11.4 Å². The molecule has 0 radical (unpaired) electrons. The normalized spacial score (nSPS) is 12.1. The third-order valence-electron chi connectivity index (χ3n) is 3.99. The van der Waals surface area contributed by atoms with E-state index in [4.69, 9.17) is 4.74 Å². The van der Waals surface area contributed by atoms with Crippen molar-refractivity contribution in [1.29, 1.82) is 0 Å². The molecule has 0 aliphatic carbocycles. The van der Waals surface area contributed by atoms with Crippen molar-refractivity contribution in [3.63, 3.8) is 0 Å². The van der Waals surface area contributed by atoms with Gasteiger partial charge in [0, 0.05) is 5.69 Å². The number of amides is 1. The van der Waals surface area contributed by atoms with Gasteiger partial charge in [0.2, 0.25) is 15.9 Å². The SMILES string of the molecule is CCOC(=O)c1cccc(NC(=O)[C@@H](C)N(c2cccc(C)c2)S(C)(=O)=O)c1. The van der Waals surface area contributed by atoms with E-state index in [1.54, 1.807) is 43.3 Å². The molecule has 150 valence electrons. The van der Waals surface area contributed by atoms with E-state index in [0.29, 0.717) is 16.9 Å². The van der Waals surface area contributed by atoms with Crippen LogP contribution in [0.25, 0.3) is 0 Å². The zero-order valence-corrected chi connectivity index (χ0v) is 17.1. The third kappa shape index (κ3) is 5.32. The summed E-state index contributed by atoms with van der Waals surface area (Å²) in [4.78, 5) is 24.6. The highest BCUT2D eigenvalue weighted by Gasteiger charge is 2.29. The lowest BCUT2D eigenvalue weighted by Crippen LogP contribution is -2.45. The summed E-state index contributed by atoms with van der Waals surface area (Å²) in [5.74, 6) is -1.02.